The first-order valence-electron chi connectivity index (χ1n) is 8.25. The summed E-state index contributed by atoms with van der Waals surface area (Å²) >= 11 is 0. The van der Waals surface area contributed by atoms with Crippen LogP contribution >= 0.6 is 0 Å². The molecule has 0 spiro atoms. The fraction of sp³-hybridized carbons (Fsp3) is 0.471. The summed E-state index contributed by atoms with van der Waals surface area (Å²) < 4.78 is 10.1. The van der Waals surface area contributed by atoms with Gasteiger partial charge in [-0.05, 0) is 18.9 Å². The van der Waals surface area contributed by atoms with Gasteiger partial charge in [0, 0.05) is 23.9 Å². The zero-order valence-electron chi connectivity index (χ0n) is 13.7. The van der Waals surface area contributed by atoms with Gasteiger partial charge in [0.1, 0.15) is 11.3 Å². The third-order valence-electron chi connectivity index (χ3n) is 4.35. The lowest BCUT2D eigenvalue weighted by molar-refractivity contribution is 0.0934. The van der Waals surface area contributed by atoms with Crippen LogP contribution in [0.5, 0.6) is 5.88 Å². The van der Waals surface area contributed by atoms with Gasteiger partial charge in [0.15, 0.2) is 0 Å². The first kappa shape index (κ1) is 16.3. The van der Waals surface area contributed by atoms with Crippen molar-refractivity contribution in [1.82, 2.24) is 15.5 Å². The Kier molecular flexibility index (Phi) is 4.98. The number of pyridine rings is 1. The molecule has 0 bridgehead atoms. The number of hydrogen-bond acceptors (Lipinski definition) is 6. The number of ether oxygens (including phenoxy) is 1. The van der Waals surface area contributed by atoms with Gasteiger partial charge in [-0.25, -0.2) is 4.98 Å². The topological polar surface area (TPSA) is 103 Å². The molecular weight excluding hydrogens is 308 g/mol. The lowest BCUT2D eigenvalue weighted by Crippen LogP contribution is -2.34. The molecule has 0 radical (unpaired) electrons. The summed E-state index contributed by atoms with van der Waals surface area (Å²) in [5.74, 6) is 0.262. The number of rotatable bonds is 4. The summed E-state index contributed by atoms with van der Waals surface area (Å²) in [5, 5.41) is 7.00. The number of nitrogens with zero attached hydrogens (tertiary/aromatic N) is 2. The highest BCUT2D eigenvalue weighted by molar-refractivity contribution is 6.03. The Labute approximate surface area is 140 Å². The fourth-order valence-electron chi connectivity index (χ4n) is 3.04. The van der Waals surface area contributed by atoms with E-state index in [9.17, 15) is 4.79 Å². The Hall–Kier alpha value is -2.57. The number of carbonyl (C=O) groups excluding carboxylic acids is 1. The van der Waals surface area contributed by atoms with Crippen molar-refractivity contribution in [3.05, 3.63) is 23.9 Å². The standard InChI is InChI=1S/C17H22N4O3/c1-23-13-9-8-11(10-19-13)15-14(16(18)24-21-15)17(22)20-12-6-4-2-3-5-7-12/h8-10,12H,2-7,18H2,1H3,(H,20,22). The summed E-state index contributed by atoms with van der Waals surface area (Å²) in [5.41, 5.74) is 7.16. The molecule has 2 aromatic heterocycles. The normalized spacial score (nSPS) is 15.7. The van der Waals surface area contributed by atoms with E-state index in [4.69, 9.17) is 15.0 Å². The Balaban J connectivity index is 1.81. The number of carbonyl (C=O) groups is 1. The molecular formula is C17H22N4O3. The number of nitrogens with two attached hydrogens (primary N) is 1. The number of hydrogen-bond donors (Lipinski definition) is 2. The molecule has 7 nitrogen and oxygen atoms in total. The monoisotopic (exact) mass is 330 g/mol. The Morgan fingerprint density at radius 3 is 2.67 bits per heavy atom. The molecule has 0 aliphatic heterocycles. The molecule has 2 aromatic rings. The van der Waals surface area contributed by atoms with Crippen LogP contribution in [0.3, 0.4) is 0 Å². The second-order valence-corrected chi connectivity index (χ2v) is 6.02. The van der Waals surface area contributed by atoms with Gasteiger partial charge in [-0.3, -0.25) is 4.79 Å². The summed E-state index contributed by atoms with van der Waals surface area (Å²) in [4.78, 5) is 16.8. The predicted molar refractivity (Wildman–Crippen MR) is 89.7 cm³/mol. The number of nitrogen functional groups attached to an aromatic ring is 1. The van der Waals surface area contributed by atoms with Crippen LogP contribution in [0.1, 0.15) is 48.9 Å². The van der Waals surface area contributed by atoms with Gasteiger partial charge in [-0.1, -0.05) is 30.8 Å². The number of nitrogens with one attached hydrogen (secondary N) is 1. The van der Waals surface area contributed by atoms with E-state index in [1.54, 1.807) is 25.4 Å². The van der Waals surface area contributed by atoms with E-state index >= 15 is 0 Å². The van der Waals surface area contributed by atoms with Crippen LogP contribution < -0.4 is 15.8 Å². The van der Waals surface area contributed by atoms with Crippen LogP contribution in [-0.4, -0.2) is 29.2 Å². The van der Waals surface area contributed by atoms with Gasteiger partial charge in [0.2, 0.25) is 11.8 Å². The molecule has 0 atom stereocenters. The highest BCUT2D eigenvalue weighted by Gasteiger charge is 2.25. The minimum Gasteiger partial charge on any atom is -0.481 e. The number of anilines is 1. The first-order chi connectivity index (χ1) is 11.7. The van der Waals surface area contributed by atoms with Crippen molar-refractivity contribution in [2.75, 3.05) is 12.8 Å². The Morgan fingerprint density at radius 2 is 2.04 bits per heavy atom. The molecule has 1 amide bonds. The minimum absolute atomic E-state index is 0.0203. The molecule has 0 aromatic carbocycles. The number of amides is 1. The van der Waals surface area contributed by atoms with Gasteiger partial charge in [-0.2, -0.15) is 0 Å². The van der Waals surface area contributed by atoms with Crippen molar-refractivity contribution in [3.8, 4) is 17.1 Å². The highest BCUT2D eigenvalue weighted by Crippen LogP contribution is 2.28. The van der Waals surface area contributed by atoms with Crippen molar-refractivity contribution in [2.45, 2.75) is 44.6 Å². The van der Waals surface area contributed by atoms with Crippen LogP contribution in [0.2, 0.25) is 0 Å². The van der Waals surface area contributed by atoms with Gasteiger partial charge in [0.25, 0.3) is 5.91 Å². The SMILES string of the molecule is COc1ccc(-c2noc(N)c2C(=O)NC2CCCCCC2)cn1. The Bertz CT molecular complexity index is 688. The van der Waals surface area contributed by atoms with E-state index in [2.05, 4.69) is 15.5 Å². The summed E-state index contributed by atoms with van der Waals surface area (Å²) in [6.45, 7) is 0. The molecule has 0 unspecified atom stereocenters. The maximum atomic E-state index is 12.7. The summed E-state index contributed by atoms with van der Waals surface area (Å²) in [6, 6.07) is 3.65. The molecule has 2 heterocycles. The van der Waals surface area contributed by atoms with Crippen LogP contribution in [0.15, 0.2) is 22.9 Å². The second kappa shape index (κ2) is 7.33. The zero-order valence-corrected chi connectivity index (χ0v) is 13.7. The Morgan fingerprint density at radius 1 is 1.29 bits per heavy atom. The highest BCUT2D eigenvalue weighted by atomic mass is 16.5. The van der Waals surface area contributed by atoms with Crippen LogP contribution in [0.25, 0.3) is 11.3 Å². The third kappa shape index (κ3) is 3.50. The van der Waals surface area contributed by atoms with Crippen LogP contribution in [0.4, 0.5) is 5.88 Å². The molecule has 1 saturated carbocycles. The van der Waals surface area contributed by atoms with Crippen molar-refractivity contribution in [1.29, 1.82) is 0 Å². The molecule has 7 heteroatoms. The minimum atomic E-state index is -0.244. The molecule has 0 saturated heterocycles. The quantitative estimate of drug-likeness (QED) is 0.836. The first-order valence-corrected chi connectivity index (χ1v) is 8.25. The van der Waals surface area contributed by atoms with Crippen molar-refractivity contribution >= 4 is 11.8 Å². The van der Waals surface area contributed by atoms with Gasteiger partial charge >= 0.3 is 0 Å². The maximum absolute atomic E-state index is 12.7. The summed E-state index contributed by atoms with van der Waals surface area (Å²) in [6.07, 6.45) is 8.30. The van der Waals surface area contributed by atoms with Crippen LogP contribution in [-0.2, 0) is 0 Å². The molecule has 1 aliphatic carbocycles. The van der Waals surface area contributed by atoms with Crippen molar-refractivity contribution < 1.29 is 14.1 Å². The van der Waals surface area contributed by atoms with E-state index in [-0.39, 0.29) is 23.4 Å². The van der Waals surface area contributed by atoms with Crippen LogP contribution in [0, 0.1) is 0 Å². The average molecular weight is 330 g/mol. The van der Waals surface area contributed by atoms with Crippen molar-refractivity contribution in [3.63, 3.8) is 0 Å². The van der Waals surface area contributed by atoms with Crippen molar-refractivity contribution in [2.24, 2.45) is 0 Å². The molecule has 1 aliphatic rings. The predicted octanol–water partition coefficient (Wildman–Crippen LogP) is 2.78. The van der Waals surface area contributed by atoms with E-state index in [1.165, 1.54) is 12.8 Å². The van der Waals surface area contributed by atoms with Gasteiger partial charge in [0.05, 0.1) is 7.11 Å². The number of methoxy groups -OCH3 is 1. The van der Waals surface area contributed by atoms with Gasteiger partial charge < -0.3 is 20.3 Å². The zero-order chi connectivity index (χ0) is 16.9. The second-order valence-electron chi connectivity index (χ2n) is 6.02. The van der Waals surface area contributed by atoms with E-state index in [1.807, 2.05) is 0 Å². The summed E-state index contributed by atoms with van der Waals surface area (Å²) in [7, 11) is 1.54. The van der Waals surface area contributed by atoms with E-state index < -0.39 is 0 Å². The molecule has 3 rings (SSSR count). The number of aromatic nitrogens is 2. The lowest BCUT2D eigenvalue weighted by atomic mass is 10.1. The smallest absolute Gasteiger partial charge is 0.259 e. The molecule has 1 fully saturated rings. The third-order valence-corrected chi connectivity index (χ3v) is 4.35. The fourth-order valence-corrected chi connectivity index (χ4v) is 3.04. The largest absolute Gasteiger partial charge is 0.481 e. The molecule has 24 heavy (non-hydrogen) atoms. The van der Waals surface area contributed by atoms with E-state index in [0.29, 0.717) is 17.1 Å². The van der Waals surface area contributed by atoms with Gasteiger partial charge in [-0.15, -0.1) is 0 Å². The van der Waals surface area contributed by atoms with E-state index in [0.717, 1.165) is 25.7 Å². The lowest BCUT2D eigenvalue weighted by Gasteiger charge is -2.16. The molecule has 3 N–H and O–H groups in total. The molecule has 128 valence electrons. The maximum Gasteiger partial charge on any atom is 0.259 e. The average Bonchev–Trinajstić information content (AvgIpc) is 2.81.